The van der Waals surface area contributed by atoms with Crippen LogP contribution in [0.25, 0.3) is 0 Å². The van der Waals surface area contributed by atoms with Gasteiger partial charge >= 0.3 is 0 Å². The lowest BCUT2D eigenvalue weighted by atomic mass is 10.4. The molecular weight excluding hydrogens is 330 g/mol. The van der Waals surface area contributed by atoms with E-state index in [9.17, 15) is 9.59 Å². The Labute approximate surface area is 103 Å². The van der Waals surface area contributed by atoms with Crippen LogP contribution in [0.3, 0.4) is 0 Å². The number of carbonyl (C=O) groups excluding carboxylic acids is 2. The van der Waals surface area contributed by atoms with E-state index in [1.165, 1.54) is 20.0 Å². The third-order valence-corrected chi connectivity index (χ3v) is 2.44. The van der Waals surface area contributed by atoms with Crippen molar-refractivity contribution in [3.63, 3.8) is 0 Å². The Bertz CT molecular complexity index is 408. The molecule has 80 valence electrons. The number of carbonyl (C=O) groups is 2. The summed E-state index contributed by atoms with van der Waals surface area (Å²) in [5.41, 5.74) is 0. The van der Waals surface area contributed by atoms with Crippen molar-refractivity contribution >= 4 is 49.5 Å². The predicted molar refractivity (Wildman–Crippen MR) is 61.3 cm³/mol. The Kier molecular flexibility index (Phi) is 3.92. The van der Waals surface area contributed by atoms with Crippen molar-refractivity contribution in [1.29, 1.82) is 0 Å². The zero-order valence-corrected chi connectivity index (χ0v) is 11.2. The van der Waals surface area contributed by atoms with Crippen molar-refractivity contribution in [2.24, 2.45) is 0 Å². The van der Waals surface area contributed by atoms with Crippen molar-refractivity contribution < 1.29 is 9.59 Å². The molecule has 0 atom stereocenters. The van der Waals surface area contributed by atoms with E-state index in [1.807, 2.05) is 0 Å². The first-order valence-electron chi connectivity index (χ1n) is 3.92. The van der Waals surface area contributed by atoms with Gasteiger partial charge in [0.2, 0.25) is 11.8 Å². The van der Waals surface area contributed by atoms with Crippen LogP contribution in [-0.2, 0) is 9.59 Å². The van der Waals surface area contributed by atoms with Crippen LogP contribution in [0.5, 0.6) is 0 Å². The first kappa shape index (κ1) is 12.3. The highest BCUT2D eigenvalue weighted by atomic mass is 79.9. The molecule has 1 rings (SSSR count). The van der Waals surface area contributed by atoms with Crippen molar-refractivity contribution in [1.82, 2.24) is 9.97 Å². The van der Waals surface area contributed by atoms with E-state index in [0.717, 1.165) is 4.90 Å². The van der Waals surface area contributed by atoms with Crippen LogP contribution >= 0.6 is 31.9 Å². The quantitative estimate of drug-likeness (QED) is 0.785. The molecule has 1 heterocycles. The molecule has 15 heavy (non-hydrogen) atoms. The van der Waals surface area contributed by atoms with E-state index in [1.54, 1.807) is 0 Å². The van der Waals surface area contributed by atoms with Gasteiger partial charge in [-0.1, -0.05) is 0 Å². The molecular formula is C8H7Br2N3O2. The van der Waals surface area contributed by atoms with Crippen molar-refractivity contribution in [2.45, 2.75) is 13.8 Å². The minimum absolute atomic E-state index is 0.193. The fraction of sp³-hybridized carbons (Fsp3) is 0.250. The summed E-state index contributed by atoms with van der Waals surface area (Å²) < 4.78 is 0.854. The SMILES string of the molecule is CC(=O)N(C(C)=O)c1ncc(Br)nc1Br. The van der Waals surface area contributed by atoms with Gasteiger partial charge in [0, 0.05) is 13.8 Å². The Morgan fingerprint density at radius 2 is 1.80 bits per heavy atom. The first-order valence-corrected chi connectivity index (χ1v) is 5.51. The summed E-state index contributed by atoms with van der Waals surface area (Å²) in [6, 6.07) is 0. The third-order valence-electron chi connectivity index (χ3n) is 1.52. The van der Waals surface area contributed by atoms with Crippen LogP contribution in [0.2, 0.25) is 0 Å². The third kappa shape index (κ3) is 2.82. The van der Waals surface area contributed by atoms with Crippen molar-refractivity contribution in [2.75, 3.05) is 4.90 Å². The van der Waals surface area contributed by atoms with Gasteiger partial charge in [0.25, 0.3) is 0 Å². The highest BCUT2D eigenvalue weighted by Crippen LogP contribution is 2.23. The predicted octanol–water partition coefficient (Wildman–Crippen LogP) is 1.90. The Morgan fingerprint density at radius 1 is 1.27 bits per heavy atom. The maximum Gasteiger partial charge on any atom is 0.231 e. The van der Waals surface area contributed by atoms with E-state index in [0.29, 0.717) is 9.21 Å². The van der Waals surface area contributed by atoms with Gasteiger partial charge in [0.05, 0.1) is 6.20 Å². The van der Waals surface area contributed by atoms with Gasteiger partial charge < -0.3 is 0 Å². The summed E-state index contributed by atoms with van der Waals surface area (Å²) in [7, 11) is 0. The second-order valence-electron chi connectivity index (χ2n) is 2.68. The number of imide groups is 1. The highest BCUT2D eigenvalue weighted by molar-refractivity contribution is 9.11. The van der Waals surface area contributed by atoms with Crippen LogP contribution in [0, 0.1) is 0 Å². The van der Waals surface area contributed by atoms with E-state index in [2.05, 4.69) is 41.8 Å². The molecule has 7 heteroatoms. The monoisotopic (exact) mass is 335 g/mol. The maximum atomic E-state index is 11.2. The second-order valence-corrected chi connectivity index (χ2v) is 4.24. The summed E-state index contributed by atoms with van der Waals surface area (Å²) in [6.45, 7) is 2.58. The van der Waals surface area contributed by atoms with Gasteiger partial charge in [0.15, 0.2) is 10.4 Å². The Hall–Kier alpha value is -0.820. The fourth-order valence-electron chi connectivity index (χ4n) is 1.01. The lowest BCUT2D eigenvalue weighted by Gasteiger charge is -2.16. The first-order chi connectivity index (χ1) is 6.93. The Morgan fingerprint density at radius 3 is 2.20 bits per heavy atom. The highest BCUT2D eigenvalue weighted by Gasteiger charge is 2.21. The normalized spacial score (nSPS) is 9.87. The van der Waals surface area contributed by atoms with Gasteiger partial charge in [0.1, 0.15) is 4.60 Å². The molecule has 0 aromatic carbocycles. The van der Waals surface area contributed by atoms with E-state index >= 15 is 0 Å². The van der Waals surface area contributed by atoms with Crippen molar-refractivity contribution in [3.8, 4) is 0 Å². The lowest BCUT2D eigenvalue weighted by Crippen LogP contribution is -2.34. The topological polar surface area (TPSA) is 63.2 Å². The number of amides is 2. The number of nitrogens with zero attached hydrogens (tertiary/aromatic N) is 3. The summed E-state index contributed by atoms with van der Waals surface area (Å²) in [5.74, 6) is -0.613. The van der Waals surface area contributed by atoms with Gasteiger partial charge in [-0.3, -0.25) is 9.59 Å². The van der Waals surface area contributed by atoms with Crippen LogP contribution in [0.15, 0.2) is 15.4 Å². The number of halogens is 2. The molecule has 0 aliphatic heterocycles. The number of hydrogen-bond donors (Lipinski definition) is 0. The standard InChI is InChI=1S/C8H7Br2N3O2/c1-4(14)13(5(2)15)8-7(10)12-6(9)3-11-8/h3H,1-2H3. The number of aromatic nitrogens is 2. The van der Waals surface area contributed by atoms with Crippen molar-refractivity contribution in [3.05, 3.63) is 15.4 Å². The zero-order chi connectivity index (χ0) is 11.6. The largest absolute Gasteiger partial charge is 0.274 e. The van der Waals surface area contributed by atoms with Crippen LogP contribution in [0.4, 0.5) is 5.82 Å². The molecule has 0 radical (unpaired) electrons. The average Bonchev–Trinajstić information content (AvgIpc) is 2.08. The van der Waals surface area contributed by atoms with Crippen LogP contribution < -0.4 is 4.90 Å². The molecule has 0 saturated carbocycles. The summed E-state index contributed by atoms with van der Waals surface area (Å²) in [4.78, 5) is 31.3. The summed E-state index contributed by atoms with van der Waals surface area (Å²) in [5, 5.41) is 0. The van der Waals surface area contributed by atoms with Crippen LogP contribution in [-0.4, -0.2) is 21.8 Å². The Balaban J connectivity index is 3.23. The van der Waals surface area contributed by atoms with Gasteiger partial charge in [-0.2, -0.15) is 0 Å². The van der Waals surface area contributed by atoms with Gasteiger partial charge in [-0.05, 0) is 31.9 Å². The molecule has 0 fully saturated rings. The molecule has 5 nitrogen and oxygen atoms in total. The molecule has 0 N–H and O–H groups in total. The molecule has 0 bridgehead atoms. The molecule has 0 saturated heterocycles. The summed E-state index contributed by atoms with van der Waals surface area (Å²) in [6.07, 6.45) is 1.42. The second kappa shape index (κ2) is 4.80. The van der Waals surface area contributed by atoms with E-state index < -0.39 is 11.8 Å². The van der Waals surface area contributed by atoms with Gasteiger partial charge in [-0.15, -0.1) is 0 Å². The molecule has 2 amide bonds. The molecule has 0 spiro atoms. The lowest BCUT2D eigenvalue weighted by molar-refractivity contribution is -0.124. The smallest absolute Gasteiger partial charge is 0.231 e. The average molecular weight is 337 g/mol. The minimum atomic E-state index is -0.403. The van der Waals surface area contributed by atoms with E-state index in [4.69, 9.17) is 0 Å². The molecule has 1 aromatic rings. The minimum Gasteiger partial charge on any atom is -0.274 e. The summed E-state index contributed by atoms with van der Waals surface area (Å²) >= 11 is 6.26. The number of hydrogen-bond acceptors (Lipinski definition) is 4. The zero-order valence-electron chi connectivity index (χ0n) is 7.99. The maximum absolute atomic E-state index is 11.2. The number of rotatable bonds is 1. The molecule has 0 aliphatic carbocycles. The van der Waals surface area contributed by atoms with Crippen LogP contribution in [0.1, 0.15) is 13.8 Å². The van der Waals surface area contributed by atoms with Gasteiger partial charge in [-0.25, -0.2) is 14.9 Å². The fourth-order valence-corrected chi connectivity index (χ4v) is 2.00. The van der Waals surface area contributed by atoms with E-state index in [-0.39, 0.29) is 5.82 Å². The molecule has 1 aromatic heterocycles. The number of anilines is 1. The molecule has 0 unspecified atom stereocenters. The molecule has 0 aliphatic rings.